The number of ether oxygens (including phenoxy) is 1. The van der Waals surface area contributed by atoms with Gasteiger partial charge in [-0.15, -0.1) is 0 Å². The molecule has 0 fully saturated rings. The molecule has 1 unspecified atom stereocenters. The molecule has 6 nitrogen and oxygen atoms in total. The summed E-state index contributed by atoms with van der Waals surface area (Å²) in [5.41, 5.74) is -0.684. The van der Waals surface area contributed by atoms with Crippen LogP contribution in [0.5, 0.6) is 0 Å². The smallest absolute Gasteiger partial charge is 0.327 e. The van der Waals surface area contributed by atoms with Gasteiger partial charge in [-0.25, -0.2) is 8.42 Å². The van der Waals surface area contributed by atoms with Crippen molar-refractivity contribution in [3.63, 3.8) is 0 Å². The fourth-order valence-corrected chi connectivity index (χ4v) is 3.41. The van der Waals surface area contributed by atoms with E-state index in [1.165, 1.54) is 26.2 Å². The Balaban J connectivity index is 3.01. The quantitative estimate of drug-likeness (QED) is 0.756. The standard InChI is InChI=1S/C15H23NO5S/c1-11(2)9-12-5-7-13(8-6-12)22(19,20)16-15(3,10-21-4)14(17)18/h5-8,11,16H,9-10H2,1-4H3,(H,17,18). The van der Waals surface area contributed by atoms with Crippen LogP contribution in [-0.4, -0.2) is 38.7 Å². The molecule has 0 saturated heterocycles. The van der Waals surface area contributed by atoms with Gasteiger partial charge >= 0.3 is 5.97 Å². The molecule has 22 heavy (non-hydrogen) atoms. The summed E-state index contributed by atoms with van der Waals surface area (Å²) in [6, 6.07) is 6.44. The fraction of sp³-hybridized carbons (Fsp3) is 0.533. The Morgan fingerprint density at radius 1 is 1.32 bits per heavy atom. The number of carboxylic acids is 1. The molecule has 124 valence electrons. The molecule has 0 aliphatic rings. The second kappa shape index (κ2) is 7.21. The van der Waals surface area contributed by atoms with Gasteiger partial charge in [0.05, 0.1) is 11.5 Å². The zero-order valence-corrected chi connectivity index (χ0v) is 14.1. The highest BCUT2D eigenvalue weighted by Crippen LogP contribution is 2.16. The van der Waals surface area contributed by atoms with Crippen LogP contribution >= 0.6 is 0 Å². The maximum Gasteiger partial charge on any atom is 0.327 e. The van der Waals surface area contributed by atoms with Crippen molar-refractivity contribution in [2.75, 3.05) is 13.7 Å². The highest BCUT2D eigenvalue weighted by Gasteiger charge is 2.38. The van der Waals surface area contributed by atoms with Crippen LogP contribution in [-0.2, 0) is 26.0 Å². The second-order valence-corrected chi connectivity index (χ2v) is 7.60. The molecule has 1 aromatic rings. The van der Waals surface area contributed by atoms with Crippen molar-refractivity contribution in [3.8, 4) is 0 Å². The summed E-state index contributed by atoms with van der Waals surface area (Å²) in [7, 11) is -2.63. The number of aliphatic carboxylic acids is 1. The van der Waals surface area contributed by atoms with Gasteiger partial charge in [0.2, 0.25) is 10.0 Å². The van der Waals surface area contributed by atoms with Gasteiger partial charge in [0.1, 0.15) is 0 Å². The van der Waals surface area contributed by atoms with Gasteiger partial charge in [-0.2, -0.15) is 4.72 Å². The van der Waals surface area contributed by atoms with Crippen molar-refractivity contribution < 1.29 is 23.1 Å². The molecule has 0 radical (unpaired) electrons. The Bertz CT molecular complexity index is 609. The third-order valence-electron chi connectivity index (χ3n) is 3.14. The van der Waals surface area contributed by atoms with Crippen molar-refractivity contribution in [1.82, 2.24) is 4.72 Å². The molecule has 1 aromatic carbocycles. The van der Waals surface area contributed by atoms with E-state index in [0.717, 1.165) is 12.0 Å². The van der Waals surface area contributed by atoms with Crippen LogP contribution in [0.2, 0.25) is 0 Å². The highest BCUT2D eigenvalue weighted by atomic mass is 32.2. The number of sulfonamides is 1. The third-order valence-corrected chi connectivity index (χ3v) is 4.75. The lowest BCUT2D eigenvalue weighted by molar-refractivity contribution is -0.145. The summed E-state index contributed by atoms with van der Waals surface area (Å²) in [5, 5.41) is 9.21. The number of carbonyl (C=O) groups is 1. The van der Waals surface area contributed by atoms with Gasteiger partial charge in [0.15, 0.2) is 5.54 Å². The molecule has 0 spiro atoms. The van der Waals surface area contributed by atoms with Crippen LogP contribution in [0.1, 0.15) is 26.3 Å². The Morgan fingerprint density at radius 3 is 2.27 bits per heavy atom. The molecule has 0 bridgehead atoms. The van der Waals surface area contributed by atoms with Gasteiger partial charge in [-0.3, -0.25) is 4.79 Å². The number of methoxy groups -OCH3 is 1. The van der Waals surface area contributed by atoms with Crippen molar-refractivity contribution >= 4 is 16.0 Å². The van der Waals surface area contributed by atoms with Crippen LogP contribution < -0.4 is 4.72 Å². The van der Waals surface area contributed by atoms with Crippen molar-refractivity contribution in [1.29, 1.82) is 0 Å². The molecule has 0 aromatic heterocycles. The Morgan fingerprint density at radius 2 is 1.86 bits per heavy atom. The van der Waals surface area contributed by atoms with Gasteiger partial charge in [0.25, 0.3) is 0 Å². The van der Waals surface area contributed by atoms with E-state index in [0.29, 0.717) is 5.92 Å². The predicted molar refractivity (Wildman–Crippen MR) is 83.2 cm³/mol. The van der Waals surface area contributed by atoms with E-state index in [-0.39, 0.29) is 11.5 Å². The first-order valence-corrected chi connectivity index (χ1v) is 8.44. The summed E-state index contributed by atoms with van der Waals surface area (Å²) in [4.78, 5) is 11.3. The normalized spacial score (nSPS) is 14.8. The highest BCUT2D eigenvalue weighted by molar-refractivity contribution is 7.89. The molecule has 0 heterocycles. The largest absolute Gasteiger partial charge is 0.480 e. The monoisotopic (exact) mass is 329 g/mol. The summed E-state index contributed by atoms with van der Waals surface area (Å²) in [6.07, 6.45) is 0.851. The maximum absolute atomic E-state index is 12.3. The predicted octanol–water partition coefficient (Wildman–Crippen LogP) is 1.65. The second-order valence-electron chi connectivity index (χ2n) is 5.92. The number of carboxylic acid groups (broad SMARTS) is 1. The number of rotatable bonds is 8. The lowest BCUT2D eigenvalue weighted by atomic mass is 10.0. The van der Waals surface area contributed by atoms with E-state index in [9.17, 15) is 18.3 Å². The lowest BCUT2D eigenvalue weighted by Gasteiger charge is -2.25. The summed E-state index contributed by atoms with van der Waals surface area (Å²) in [6.45, 7) is 5.15. The minimum atomic E-state index is -3.94. The first-order chi connectivity index (χ1) is 10.1. The van der Waals surface area contributed by atoms with E-state index in [1.807, 2.05) is 0 Å². The molecule has 0 aliphatic carbocycles. The number of benzene rings is 1. The van der Waals surface area contributed by atoms with Crippen LogP contribution in [0.3, 0.4) is 0 Å². The number of nitrogens with one attached hydrogen (secondary N) is 1. The van der Waals surface area contributed by atoms with Gasteiger partial charge in [-0.05, 0) is 37.0 Å². The molecule has 1 rings (SSSR count). The third kappa shape index (κ3) is 4.79. The fourth-order valence-electron chi connectivity index (χ4n) is 2.06. The van der Waals surface area contributed by atoms with E-state index < -0.39 is 21.5 Å². The zero-order chi connectivity index (χ0) is 17.0. The molecule has 0 saturated carbocycles. The Hall–Kier alpha value is -1.44. The summed E-state index contributed by atoms with van der Waals surface area (Å²) < 4.78 is 31.7. The van der Waals surface area contributed by atoms with Crippen LogP contribution in [0, 0.1) is 5.92 Å². The molecule has 0 amide bonds. The molecule has 0 aliphatic heterocycles. The molecule has 7 heteroatoms. The average Bonchev–Trinajstić information content (AvgIpc) is 2.38. The van der Waals surface area contributed by atoms with Crippen LogP contribution in [0.4, 0.5) is 0 Å². The van der Waals surface area contributed by atoms with Crippen molar-refractivity contribution in [2.24, 2.45) is 5.92 Å². The van der Waals surface area contributed by atoms with Crippen LogP contribution in [0.15, 0.2) is 29.2 Å². The summed E-state index contributed by atoms with van der Waals surface area (Å²) in [5.74, 6) is -0.827. The van der Waals surface area contributed by atoms with E-state index in [2.05, 4.69) is 18.6 Å². The first-order valence-electron chi connectivity index (χ1n) is 6.96. The molecular weight excluding hydrogens is 306 g/mol. The minimum absolute atomic E-state index is 0.0311. The topological polar surface area (TPSA) is 92.7 Å². The number of hydrogen-bond acceptors (Lipinski definition) is 4. The van der Waals surface area contributed by atoms with E-state index in [1.54, 1.807) is 12.1 Å². The molecule has 1 atom stereocenters. The molecule has 2 N–H and O–H groups in total. The van der Waals surface area contributed by atoms with Crippen LogP contribution in [0.25, 0.3) is 0 Å². The van der Waals surface area contributed by atoms with Crippen molar-refractivity contribution in [2.45, 2.75) is 37.6 Å². The van der Waals surface area contributed by atoms with E-state index >= 15 is 0 Å². The average molecular weight is 329 g/mol. The Labute approximate surface area is 131 Å². The Kier molecular flexibility index (Phi) is 6.10. The number of hydrogen-bond donors (Lipinski definition) is 2. The van der Waals surface area contributed by atoms with Gasteiger partial charge in [0, 0.05) is 7.11 Å². The minimum Gasteiger partial charge on any atom is -0.480 e. The van der Waals surface area contributed by atoms with Gasteiger partial charge < -0.3 is 9.84 Å². The van der Waals surface area contributed by atoms with Crippen molar-refractivity contribution in [3.05, 3.63) is 29.8 Å². The summed E-state index contributed by atoms with van der Waals surface area (Å²) >= 11 is 0. The first kappa shape index (κ1) is 18.6. The van der Waals surface area contributed by atoms with Gasteiger partial charge in [-0.1, -0.05) is 26.0 Å². The molecular formula is C15H23NO5S. The van der Waals surface area contributed by atoms with E-state index in [4.69, 9.17) is 4.74 Å². The lowest BCUT2D eigenvalue weighted by Crippen LogP contribution is -2.55. The zero-order valence-electron chi connectivity index (χ0n) is 13.3. The maximum atomic E-state index is 12.3. The SMILES string of the molecule is COCC(C)(NS(=O)(=O)c1ccc(CC(C)C)cc1)C(=O)O.